The number of hydrogen-bond acceptors (Lipinski definition) is 7. The van der Waals surface area contributed by atoms with Crippen molar-refractivity contribution in [1.82, 2.24) is 14.5 Å². The third kappa shape index (κ3) is 3.52. The van der Waals surface area contributed by atoms with E-state index in [0.29, 0.717) is 31.9 Å². The van der Waals surface area contributed by atoms with Crippen molar-refractivity contribution >= 4 is 15.8 Å². The normalized spacial score (nSPS) is 15.8. The molecule has 0 atom stereocenters. The lowest BCUT2D eigenvalue weighted by molar-refractivity contribution is 0.369. The number of ether oxygens (including phenoxy) is 2. The minimum atomic E-state index is -3.65. The topological polar surface area (TPSA) is 84.9 Å². The van der Waals surface area contributed by atoms with Crippen LogP contribution < -0.4 is 14.4 Å². The van der Waals surface area contributed by atoms with Gasteiger partial charge in [-0.2, -0.15) is 9.40 Å². The number of piperazine rings is 1. The zero-order chi connectivity index (χ0) is 17.9. The SMILES string of the molecule is COc1ccc(S(=O)(=O)N2CCN(c3cccnn3)CC2)c(OC)c1. The van der Waals surface area contributed by atoms with Crippen molar-refractivity contribution in [2.24, 2.45) is 0 Å². The Kier molecular flexibility index (Phi) is 5.05. The highest BCUT2D eigenvalue weighted by Gasteiger charge is 2.31. The maximum absolute atomic E-state index is 13.0. The van der Waals surface area contributed by atoms with Gasteiger partial charge in [0.25, 0.3) is 0 Å². The molecule has 0 unspecified atom stereocenters. The fraction of sp³-hybridized carbons (Fsp3) is 0.375. The highest BCUT2D eigenvalue weighted by Crippen LogP contribution is 2.31. The molecule has 2 heterocycles. The van der Waals surface area contributed by atoms with Crippen LogP contribution in [0.2, 0.25) is 0 Å². The average molecular weight is 364 g/mol. The molecule has 0 radical (unpaired) electrons. The first kappa shape index (κ1) is 17.4. The van der Waals surface area contributed by atoms with E-state index >= 15 is 0 Å². The number of aromatic nitrogens is 2. The molecular weight excluding hydrogens is 344 g/mol. The molecule has 2 aromatic rings. The Morgan fingerprint density at radius 1 is 1.04 bits per heavy atom. The zero-order valence-corrected chi connectivity index (χ0v) is 14.9. The van der Waals surface area contributed by atoms with Crippen LogP contribution in [0.25, 0.3) is 0 Å². The second-order valence-corrected chi connectivity index (χ2v) is 7.40. The first-order chi connectivity index (χ1) is 12.1. The van der Waals surface area contributed by atoms with Crippen molar-refractivity contribution < 1.29 is 17.9 Å². The summed E-state index contributed by atoms with van der Waals surface area (Å²) < 4.78 is 37.8. The lowest BCUT2D eigenvalue weighted by atomic mass is 10.3. The van der Waals surface area contributed by atoms with E-state index in [-0.39, 0.29) is 10.6 Å². The first-order valence-electron chi connectivity index (χ1n) is 7.81. The van der Waals surface area contributed by atoms with E-state index in [1.165, 1.54) is 24.6 Å². The molecule has 3 rings (SSSR count). The minimum Gasteiger partial charge on any atom is -0.497 e. The Hall–Kier alpha value is -2.39. The van der Waals surface area contributed by atoms with Crippen molar-refractivity contribution in [2.45, 2.75) is 4.90 Å². The maximum atomic E-state index is 13.0. The van der Waals surface area contributed by atoms with Crippen molar-refractivity contribution in [3.05, 3.63) is 36.5 Å². The molecule has 25 heavy (non-hydrogen) atoms. The van der Waals surface area contributed by atoms with Gasteiger partial charge in [0, 0.05) is 38.4 Å². The largest absolute Gasteiger partial charge is 0.497 e. The van der Waals surface area contributed by atoms with Gasteiger partial charge in [-0.25, -0.2) is 8.42 Å². The standard InChI is InChI=1S/C16H20N4O4S/c1-23-13-5-6-15(14(12-13)24-2)25(21,22)20-10-8-19(9-11-20)16-4-3-7-17-18-16/h3-7,12H,8-11H2,1-2H3. The summed E-state index contributed by atoms with van der Waals surface area (Å²) in [5.74, 6) is 1.57. The third-order valence-electron chi connectivity index (χ3n) is 4.11. The van der Waals surface area contributed by atoms with Crippen LogP contribution in [0.4, 0.5) is 5.82 Å². The van der Waals surface area contributed by atoms with Gasteiger partial charge in [0.05, 0.1) is 14.2 Å². The molecular formula is C16H20N4O4S. The number of benzene rings is 1. The molecule has 9 heteroatoms. The van der Waals surface area contributed by atoms with Crippen LogP contribution in [-0.2, 0) is 10.0 Å². The zero-order valence-electron chi connectivity index (χ0n) is 14.1. The van der Waals surface area contributed by atoms with E-state index in [1.807, 2.05) is 17.0 Å². The molecule has 0 bridgehead atoms. The molecule has 1 aromatic heterocycles. The smallest absolute Gasteiger partial charge is 0.246 e. The summed E-state index contributed by atoms with van der Waals surface area (Å²) in [4.78, 5) is 2.16. The fourth-order valence-corrected chi connectivity index (χ4v) is 4.31. The van der Waals surface area contributed by atoms with Crippen molar-refractivity contribution in [1.29, 1.82) is 0 Å². The van der Waals surface area contributed by atoms with Gasteiger partial charge in [-0.1, -0.05) is 0 Å². The molecule has 0 amide bonds. The highest BCUT2D eigenvalue weighted by atomic mass is 32.2. The molecule has 0 saturated carbocycles. The summed E-state index contributed by atoms with van der Waals surface area (Å²) in [5, 5.41) is 7.93. The molecule has 1 aliphatic rings. The van der Waals surface area contributed by atoms with Gasteiger partial charge < -0.3 is 14.4 Å². The van der Waals surface area contributed by atoms with Gasteiger partial charge in [-0.05, 0) is 24.3 Å². The maximum Gasteiger partial charge on any atom is 0.246 e. The molecule has 1 aliphatic heterocycles. The van der Waals surface area contributed by atoms with Crippen LogP contribution in [0.3, 0.4) is 0 Å². The molecule has 0 aliphatic carbocycles. The van der Waals surface area contributed by atoms with E-state index < -0.39 is 10.0 Å². The first-order valence-corrected chi connectivity index (χ1v) is 9.25. The number of anilines is 1. The number of rotatable bonds is 5. The van der Waals surface area contributed by atoms with Crippen LogP contribution in [-0.4, -0.2) is 63.3 Å². The molecule has 0 spiro atoms. The summed E-state index contributed by atoms with van der Waals surface area (Å²) >= 11 is 0. The molecule has 1 saturated heterocycles. The Morgan fingerprint density at radius 3 is 2.40 bits per heavy atom. The van der Waals surface area contributed by atoms with Gasteiger partial charge in [0.1, 0.15) is 16.4 Å². The van der Waals surface area contributed by atoms with E-state index in [1.54, 1.807) is 18.3 Å². The Morgan fingerprint density at radius 2 is 1.80 bits per heavy atom. The molecule has 1 aromatic carbocycles. The van der Waals surface area contributed by atoms with Crippen LogP contribution in [0.1, 0.15) is 0 Å². The van der Waals surface area contributed by atoms with Gasteiger partial charge in [-0.15, -0.1) is 5.10 Å². The highest BCUT2D eigenvalue weighted by molar-refractivity contribution is 7.89. The van der Waals surface area contributed by atoms with Crippen molar-refractivity contribution in [2.75, 3.05) is 45.3 Å². The second-order valence-electron chi connectivity index (χ2n) is 5.49. The number of nitrogens with zero attached hydrogens (tertiary/aromatic N) is 4. The van der Waals surface area contributed by atoms with Crippen molar-refractivity contribution in [3.63, 3.8) is 0 Å². The van der Waals surface area contributed by atoms with E-state index in [4.69, 9.17) is 9.47 Å². The molecule has 1 fully saturated rings. The van der Waals surface area contributed by atoms with Crippen LogP contribution in [0.15, 0.2) is 41.4 Å². The summed E-state index contributed by atoms with van der Waals surface area (Å²) in [7, 11) is -0.679. The summed E-state index contributed by atoms with van der Waals surface area (Å²) in [6.45, 7) is 1.84. The molecule has 0 N–H and O–H groups in total. The predicted molar refractivity (Wildman–Crippen MR) is 92.5 cm³/mol. The average Bonchev–Trinajstić information content (AvgIpc) is 2.68. The summed E-state index contributed by atoms with van der Waals surface area (Å²) in [6.07, 6.45) is 1.61. The minimum absolute atomic E-state index is 0.142. The number of hydrogen-bond donors (Lipinski definition) is 0. The van der Waals surface area contributed by atoms with Crippen LogP contribution in [0, 0.1) is 0 Å². The van der Waals surface area contributed by atoms with Crippen molar-refractivity contribution in [3.8, 4) is 11.5 Å². The van der Waals surface area contributed by atoms with E-state index in [0.717, 1.165) is 5.82 Å². The third-order valence-corrected chi connectivity index (χ3v) is 6.05. The summed E-state index contributed by atoms with van der Waals surface area (Å²) in [6, 6.07) is 8.38. The monoisotopic (exact) mass is 364 g/mol. The number of sulfonamides is 1. The lowest BCUT2D eigenvalue weighted by Gasteiger charge is -2.34. The Labute approximate surface area is 147 Å². The van der Waals surface area contributed by atoms with E-state index in [2.05, 4.69) is 10.2 Å². The predicted octanol–water partition coefficient (Wildman–Crippen LogP) is 1.00. The lowest BCUT2D eigenvalue weighted by Crippen LogP contribution is -2.49. The Balaban J connectivity index is 1.78. The van der Waals surface area contributed by atoms with Gasteiger partial charge >= 0.3 is 0 Å². The van der Waals surface area contributed by atoms with Crippen LogP contribution in [0.5, 0.6) is 11.5 Å². The number of methoxy groups -OCH3 is 2. The summed E-state index contributed by atoms with van der Waals surface area (Å²) in [5.41, 5.74) is 0. The van der Waals surface area contributed by atoms with Gasteiger partial charge in [-0.3, -0.25) is 0 Å². The molecule has 8 nitrogen and oxygen atoms in total. The fourth-order valence-electron chi connectivity index (χ4n) is 2.75. The van der Waals surface area contributed by atoms with Crippen LogP contribution >= 0.6 is 0 Å². The van der Waals surface area contributed by atoms with Gasteiger partial charge in [0.15, 0.2) is 5.82 Å². The Bertz CT molecular complexity index is 821. The molecule has 134 valence electrons. The second kappa shape index (κ2) is 7.24. The quantitative estimate of drug-likeness (QED) is 0.782. The van der Waals surface area contributed by atoms with Gasteiger partial charge in [0.2, 0.25) is 10.0 Å². The van der Waals surface area contributed by atoms with E-state index in [9.17, 15) is 8.42 Å².